The van der Waals surface area contributed by atoms with Crippen LogP contribution in [0.25, 0.3) is 0 Å². The molecule has 0 radical (unpaired) electrons. The first-order valence-electron chi connectivity index (χ1n) is 8.84. The van der Waals surface area contributed by atoms with Crippen LogP contribution in [-0.2, 0) is 14.8 Å². The average molecular weight is 439 g/mol. The Hall–Kier alpha value is -2.31. The lowest BCUT2D eigenvalue weighted by atomic mass is 10.2. The van der Waals surface area contributed by atoms with Gasteiger partial charge >= 0.3 is 0 Å². The molecule has 1 aromatic carbocycles. The van der Waals surface area contributed by atoms with Gasteiger partial charge in [0.1, 0.15) is 5.00 Å². The second kappa shape index (κ2) is 9.01. The second-order valence-electron chi connectivity index (χ2n) is 6.49. The Morgan fingerprint density at radius 1 is 1.07 bits per heavy atom. The molecule has 0 atom stereocenters. The number of carbonyl (C=O) groups is 2. The van der Waals surface area contributed by atoms with Gasteiger partial charge in [-0.1, -0.05) is 0 Å². The van der Waals surface area contributed by atoms with E-state index in [2.05, 4.69) is 10.7 Å². The van der Waals surface area contributed by atoms with E-state index in [0.29, 0.717) is 42.4 Å². The summed E-state index contributed by atoms with van der Waals surface area (Å²) >= 11 is 1.23. The van der Waals surface area contributed by atoms with E-state index in [4.69, 9.17) is 4.74 Å². The number of rotatable bonds is 6. The van der Waals surface area contributed by atoms with Crippen molar-refractivity contribution in [1.29, 1.82) is 0 Å². The molecule has 11 heteroatoms. The third-order valence-electron chi connectivity index (χ3n) is 4.19. The molecule has 1 aliphatic rings. The molecule has 3 rings (SSSR count). The van der Waals surface area contributed by atoms with E-state index in [-0.39, 0.29) is 10.8 Å². The van der Waals surface area contributed by atoms with Crippen molar-refractivity contribution in [2.45, 2.75) is 4.90 Å². The van der Waals surface area contributed by atoms with Crippen molar-refractivity contribution in [2.24, 2.45) is 0 Å². The first-order chi connectivity index (χ1) is 13.8. The maximum Gasteiger partial charge on any atom is 0.268 e. The number of ether oxygens (including phenoxy) is 1. The zero-order valence-electron chi connectivity index (χ0n) is 16.0. The molecule has 0 aliphatic carbocycles. The number of nitrogens with one attached hydrogen (secondary N) is 2. The van der Waals surface area contributed by atoms with Gasteiger partial charge in [-0.25, -0.2) is 13.4 Å². The fourth-order valence-corrected chi connectivity index (χ4v) is 4.93. The molecular formula is C18H22N4O5S2. The molecule has 1 saturated heterocycles. The minimum atomic E-state index is -3.62. The molecule has 0 saturated carbocycles. The van der Waals surface area contributed by atoms with Crippen LogP contribution in [0.15, 0.2) is 40.6 Å². The molecule has 1 fully saturated rings. The van der Waals surface area contributed by atoms with Crippen molar-refractivity contribution in [3.8, 4) is 0 Å². The van der Waals surface area contributed by atoms with E-state index in [1.54, 1.807) is 25.5 Å². The summed E-state index contributed by atoms with van der Waals surface area (Å²) in [5.41, 5.74) is 3.26. The van der Waals surface area contributed by atoms with E-state index in [1.807, 2.05) is 0 Å². The molecule has 2 amide bonds. The maximum atomic E-state index is 12.7. The molecule has 0 bridgehead atoms. The van der Waals surface area contributed by atoms with Crippen LogP contribution in [0.1, 0.15) is 20.7 Å². The smallest absolute Gasteiger partial charge is 0.268 e. The summed E-state index contributed by atoms with van der Waals surface area (Å²) in [6.07, 6.45) is 0. The topological polar surface area (TPSA) is 108 Å². The lowest BCUT2D eigenvalue weighted by molar-refractivity contribution is 0.0730. The number of benzene rings is 1. The van der Waals surface area contributed by atoms with Crippen LogP contribution < -0.4 is 10.7 Å². The van der Waals surface area contributed by atoms with Crippen LogP contribution in [0.3, 0.4) is 0 Å². The highest BCUT2D eigenvalue weighted by Crippen LogP contribution is 2.24. The largest absolute Gasteiger partial charge is 0.379 e. The number of morpholine rings is 1. The van der Waals surface area contributed by atoms with Gasteiger partial charge in [-0.3, -0.25) is 15.0 Å². The highest BCUT2D eigenvalue weighted by molar-refractivity contribution is 7.89. The van der Waals surface area contributed by atoms with E-state index in [1.165, 1.54) is 44.9 Å². The summed E-state index contributed by atoms with van der Waals surface area (Å²) in [6.45, 7) is 1.34. The van der Waals surface area contributed by atoms with Gasteiger partial charge in [-0.2, -0.15) is 4.31 Å². The van der Waals surface area contributed by atoms with Gasteiger partial charge < -0.3 is 10.1 Å². The monoisotopic (exact) mass is 438 g/mol. The summed E-state index contributed by atoms with van der Waals surface area (Å²) in [5.74, 6) is -0.764. The number of amides is 2. The Kier molecular flexibility index (Phi) is 6.65. The number of anilines is 1. The van der Waals surface area contributed by atoms with Crippen molar-refractivity contribution >= 4 is 38.2 Å². The Morgan fingerprint density at radius 3 is 2.34 bits per heavy atom. The standard InChI is InChI=1S/C18H22N4O5S2/c1-21(2)20-17(24)15-7-12-28-18(15)19-16(23)13-3-5-14(6-4-13)29(25,26)22-8-10-27-11-9-22/h3-7,12H,8-11H2,1-2H3,(H,19,23)(H,20,24). The Morgan fingerprint density at radius 2 is 1.72 bits per heavy atom. The zero-order valence-corrected chi connectivity index (χ0v) is 17.7. The van der Waals surface area contributed by atoms with Crippen molar-refractivity contribution < 1.29 is 22.7 Å². The number of hydrazine groups is 1. The SMILES string of the molecule is CN(C)NC(=O)c1ccsc1NC(=O)c1ccc(S(=O)(=O)N2CCOCC2)cc1. The maximum absolute atomic E-state index is 12.7. The third-order valence-corrected chi connectivity index (χ3v) is 6.93. The van der Waals surface area contributed by atoms with Crippen LogP contribution in [0.5, 0.6) is 0 Å². The lowest BCUT2D eigenvalue weighted by Crippen LogP contribution is -2.40. The molecule has 0 spiro atoms. The average Bonchev–Trinajstić information content (AvgIpc) is 3.16. The first kappa shape index (κ1) is 21.4. The van der Waals surface area contributed by atoms with Crippen LogP contribution in [0.4, 0.5) is 5.00 Å². The van der Waals surface area contributed by atoms with Gasteiger partial charge in [0.2, 0.25) is 10.0 Å². The van der Waals surface area contributed by atoms with Gasteiger partial charge in [0.05, 0.1) is 23.7 Å². The molecule has 0 unspecified atom stereocenters. The molecule has 2 aromatic rings. The van der Waals surface area contributed by atoms with Crippen LogP contribution >= 0.6 is 11.3 Å². The summed E-state index contributed by atoms with van der Waals surface area (Å²) < 4.78 is 31.9. The highest BCUT2D eigenvalue weighted by atomic mass is 32.2. The summed E-state index contributed by atoms with van der Waals surface area (Å²) in [7, 11) is -0.239. The Labute approximate surface area is 173 Å². The van der Waals surface area contributed by atoms with Gasteiger partial charge in [0.25, 0.3) is 11.8 Å². The minimum Gasteiger partial charge on any atom is -0.379 e. The number of hydrogen-bond acceptors (Lipinski definition) is 7. The number of sulfonamides is 1. The molecule has 1 aromatic heterocycles. The van der Waals surface area contributed by atoms with Crippen LogP contribution in [0.2, 0.25) is 0 Å². The normalized spacial score (nSPS) is 15.3. The molecule has 9 nitrogen and oxygen atoms in total. The Bertz CT molecular complexity index is 980. The zero-order chi connectivity index (χ0) is 21.0. The van der Waals surface area contributed by atoms with Crippen molar-refractivity contribution in [1.82, 2.24) is 14.7 Å². The van der Waals surface area contributed by atoms with Gasteiger partial charge in [0, 0.05) is 32.7 Å². The quantitative estimate of drug-likeness (QED) is 0.657. The van der Waals surface area contributed by atoms with E-state index in [0.717, 1.165) is 0 Å². The van der Waals surface area contributed by atoms with E-state index >= 15 is 0 Å². The molecule has 29 heavy (non-hydrogen) atoms. The predicted molar refractivity (Wildman–Crippen MR) is 109 cm³/mol. The van der Waals surface area contributed by atoms with Crippen molar-refractivity contribution in [3.63, 3.8) is 0 Å². The van der Waals surface area contributed by atoms with Crippen LogP contribution in [0, 0.1) is 0 Å². The summed E-state index contributed by atoms with van der Waals surface area (Å²) in [6, 6.07) is 7.35. The van der Waals surface area contributed by atoms with Crippen LogP contribution in [-0.4, -0.2) is 69.9 Å². The number of thiophene rings is 1. The minimum absolute atomic E-state index is 0.123. The van der Waals surface area contributed by atoms with E-state index < -0.39 is 15.9 Å². The number of hydrogen-bond donors (Lipinski definition) is 2. The highest BCUT2D eigenvalue weighted by Gasteiger charge is 2.26. The molecule has 2 N–H and O–H groups in total. The van der Waals surface area contributed by atoms with Gasteiger partial charge in [-0.05, 0) is 35.7 Å². The molecule has 1 aliphatic heterocycles. The lowest BCUT2D eigenvalue weighted by Gasteiger charge is -2.26. The molecular weight excluding hydrogens is 416 g/mol. The first-order valence-corrected chi connectivity index (χ1v) is 11.2. The van der Waals surface area contributed by atoms with Gasteiger partial charge in [-0.15, -0.1) is 11.3 Å². The predicted octanol–water partition coefficient (Wildman–Crippen LogP) is 1.23. The third kappa shape index (κ3) is 5.00. The van der Waals surface area contributed by atoms with Crippen molar-refractivity contribution in [3.05, 3.63) is 46.8 Å². The Balaban J connectivity index is 1.72. The second-order valence-corrected chi connectivity index (χ2v) is 9.35. The van der Waals surface area contributed by atoms with E-state index in [9.17, 15) is 18.0 Å². The fourth-order valence-electron chi connectivity index (χ4n) is 2.74. The summed E-state index contributed by atoms with van der Waals surface area (Å²) in [4.78, 5) is 24.9. The van der Waals surface area contributed by atoms with Crippen molar-refractivity contribution in [2.75, 3.05) is 45.7 Å². The number of nitrogens with zero attached hydrogens (tertiary/aromatic N) is 2. The van der Waals surface area contributed by atoms with Gasteiger partial charge in [0.15, 0.2) is 0 Å². The molecule has 2 heterocycles. The number of carbonyl (C=O) groups excluding carboxylic acids is 2. The fraction of sp³-hybridized carbons (Fsp3) is 0.333. The molecule has 156 valence electrons. The summed E-state index contributed by atoms with van der Waals surface area (Å²) in [5, 5.41) is 6.34.